The summed E-state index contributed by atoms with van der Waals surface area (Å²) >= 11 is 0. The molecule has 1 saturated heterocycles. The van der Waals surface area contributed by atoms with Crippen LogP contribution in [0, 0.1) is 0 Å². The zero-order valence-electron chi connectivity index (χ0n) is 8.66. The lowest BCUT2D eigenvalue weighted by atomic mass is 10.2. The fraction of sp³-hybridized carbons (Fsp3) is 0.900. The van der Waals surface area contributed by atoms with Crippen molar-refractivity contribution < 1.29 is 19.0 Å². The van der Waals surface area contributed by atoms with Crippen molar-refractivity contribution in [1.29, 1.82) is 0 Å². The summed E-state index contributed by atoms with van der Waals surface area (Å²) in [5.41, 5.74) is 0. The molecule has 0 aliphatic carbocycles. The molecule has 0 amide bonds. The maximum Gasteiger partial charge on any atom is 0.305 e. The standard InChI is InChI=1S/C10H18O4/c1-2-9(11)12-7-8-14-10-5-3-4-6-13-10/h10H,2-8H2,1H3. The molecule has 4 heteroatoms. The van der Waals surface area contributed by atoms with Gasteiger partial charge in [0.05, 0.1) is 6.61 Å². The van der Waals surface area contributed by atoms with Gasteiger partial charge in [0.15, 0.2) is 6.29 Å². The van der Waals surface area contributed by atoms with Crippen LogP contribution in [0.3, 0.4) is 0 Å². The minimum atomic E-state index is -0.182. The Bertz CT molecular complexity index is 164. The monoisotopic (exact) mass is 202 g/mol. The first kappa shape index (κ1) is 11.5. The molecule has 1 heterocycles. The second kappa shape index (κ2) is 6.79. The van der Waals surface area contributed by atoms with Crippen molar-refractivity contribution in [2.75, 3.05) is 19.8 Å². The fourth-order valence-corrected chi connectivity index (χ4v) is 1.28. The number of hydrogen-bond acceptors (Lipinski definition) is 4. The van der Waals surface area contributed by atoms with Gasteiger partial charge in [-0.2, -0.15) is 0 Å². The van der Waals surface area contributed by atoms with Gasteiger partial charge in [0.1, 0.15) is 6.61 Å². The van der Waals surface area contributed by atoms with Crippen LogP contribution in [0.2, 0.25) is 0 Å². The molecule has 1 aliphatic heterocycles. The molecule has 82 valence electrons. The number of carbonyl (C=O) groups is 1. The van der Waals surface area contributed by atoms with Gasteiger partial charge in [0.25, 0.3) is 0 Å². The van der Waals surface area contributed by atoms with E-state index in [2.05, 4.69) is 0 Å². The lowest BCUT2D eigenvalue weighted by Gasteiger charge is -2.22. The molecule has 1 rings (SSSR count). The molecule has 1 aliphatic rings. The van der Waals surface area contributed by atoms with Crippen molar-refractivity contribution in [2.24, 2.45) is 0 Å². The molecular weight excluding hydrogens is 184 g/mol. The Morgan fingerprint density at radius 2 is 2.29 bits per heavy atom. The third-order valence-corrected chi connectivity index (χ3v) is 2.08. The Morgan fingerprint density at radius 3 is 2.93 bits per heavy atom. The van der Waals surface area contributed by atoms with Crippen molar-refractivity contribution >= 4 is 5.97 Å². The first-order chi connectivity index (χ1) is 6.83. The maximum atomic E-state index is 10.8. The third-order valence-electron chi connectivity index (χ3n) is 2.08. The van der Waals surface area contributed by atoms with Crippen LogP contribution in [0.5, 0.6) is 0 Å². The van der Waals surface area contributed by atoms with Crippen LogP contribution in [0.25, 0.3) is 0 Å². The molecule has 0 saturated carbocycles. The largest absolute Gasteiger partial charge is 0.463 e. The van der Waals surface area contributed by atoms with Gasteiger partial charge in [0, 0.05) is 13.0 Å². The van der Waals surface area contributed by atoms with Crippen LogP contribution >= 0.6 is 0 Å². The Morgan fingerprint density at radius 1 is 1.43 bits per heavy atom. The van der Waals surface area contributed by atoms with Crippen LogP contribution < -0.4 is 0 Å². The van der Waals surface area contributed by atoms with Crippen molar-refractivity contribution in [1.82, 2.24) is 0 Å². The predicted molar refractivity (Wildman–Crippen MR) is 50.8 cm³/mol. The van der Waals surface area contributed by atoms with E-state index < -0.39 is 0 Å². The van der Waals surface area contributed by atoms with E-state index in [4.69, 9.17) is 14.2 Å². The van der Waals surface area contributed by atoms with Crippen LogP contribution in [0.4, 0.5) is 0 Å². The van der Waals surface area contributed by atoms with Gasteiger partial charge in [0.2, 0.25) is 0 Å². The Labute approximate surface area is 84.5 Å². The van der Waals surface area contributed by atoms with Gasteiger partial charge < -0.3 is 14.2 Å². The van der Waals surface area contributed by atoms with Gasteiger partial charge in [-0.15, -0.1) is 0 Å². The summed E-state index contributed by atoms with van der Waals surface area (Å²) in [7, 11) is 0. The number of esters is 1. The molecule has 0 aromatic carbocycles. The number of rotatable bonds is 5. The summed E-state index contributed by atoms with van der Waals surface area (Å²) in [5, 5.41) is 0. The highest BCUT2D eigenvalue weighted by Gasteiger charge is 2.13. The third kappa shape index (κ3) is 4.58. The molecule has 0 radical (unpaired) electrons. The summed E-state index contributed by atoms with van der Waals surface area (Å²) < 4.78 is 15.6. The van der Waals surface area contributed by atoms with Crippen LogP contribution in [-0.4, -0.2) is 32.1 Å². The molecule has 0 aromatic heterocycles. The van der Waals surface area contributed by atoms with Gasteiger partial charge in [-0.3, -0.25) is 4.79 Å². The molecule has 1 atom stereocenters. The van der Waals surface area contributed by atoms with Gasteiger partial charge in [-0.05, 0) is 19.3 Å². The highest BCUT2D eigenvalue weighted by Crippen LogP contribution is 2.13. The summed E-state index contributed by atoms with van der Waals surface area (Å²) in [6.45, 7) is 3.30. The average Bonchev–Trinajstić information content (AvgIpc) is 2.25. The summed E-state index contributed by atoms with van der Waals surface area (Å²) in [6, 6.07) is 0. The van der Waals surface area contributed by atoms with E-state index in [0.29, 0.717) is 19.6 Å². The van der Waals surface area contributed by atoms with Crippen molar-refractivity contribution in [3.8, 4) is 0 Å². The Kier molecular flexibility index (Phi) is 5.56. The second-order valence-electron chi connectivity index (χ2n) is 3.24. The first-order valence-electron chi connectivity index (χ1n) is 5.21. The van der Waals surface area contributed by atoms with E-state index >= 15 is 0 Å². The zero-order valence-corrected chi connectivity index (χ0v) is 8.66. The number of hydrogen-bond donors (Lipinski definition) is 0. The van der Waals surface area contributed by atoms with Crippen molar-refractivity contribution in [2.45, 2.75) is 38.9 Å². The second-order valence-corrected chi connectivity index (χ2v) is 3.24. The van der Waals surface area contributed by atoms with Crippen molar-refractivity contribution in [3.63, 3.8) is 0 Å². The highest BCUT2D eigenvalue weighted by molar-refractivity contribution is 5.68. The van der Waals surface area contributed by atoms with E-state index in [1.807, 2.05) is 0 Å². The smallest absolute Gasteiger partial charge is 0.305 e. The Hall–Kier alpha value is -0.610. The van der Waals surface area contributed by atoms with Crippen LogP contribution in [0.1, 0.15) is 32.6 Å². The topological polar surface area (TPSA) is 44.8 Å². The zero-order chi connectivity index (χ0) is 10.2. The fourth-order valence-electron chi connectivity index (χ4n) is 1.28. The lowest BCUT2D eigenvalue weighted by molar-refractivity contribution is -0.173. The van der Waals surface area contributed by atoms with E-state index in [0.717, 1.165) is 25.9 Å². The molecule has 0 bridgehead atoms. The predicted octanol–water partition coefficient (Wildman–Crippen LogP) is 1.48. The molecule has 14 heavy (non-hydrogen) atoms. The molecule has 0 spiro atoms. The van der Waals surface area contributed by atoms with E-state index in [9.17, 15) is 4.79 Å². The molecule has 1 unspecified atom stereocenters. The number of ether oxygens (including phenoxy) is 3. The SMILES string of the molecule is CCC(=O)OCCOC1CCCCO1. The van der Waals surface area contributed by atoms with Crippen LogP contribution in [0.15, 0.2) is 0 Å². The lowest BCUT2D eigenvalue weighted by Crippen LogP contribution is -2.24. The highest BCUT2D eigenvalue weighted by atomic mass is 16.7. The van der Waals surface area contributed by atoms with Gasteiger partial charge in [-0.25, -0.2) is 0 Å². The average molecular weight is 202 g/mol. The summed E-state index contributed by atoms with van der Waals surface area (Å²) in [4.78, 5) is 10.8. The normalized spacial score (nSPS) is 21.9. The molecule has 0 aromatic rings. The Balaban J connectivity index is 1.94. The summed E-state index contributed by atoms with van der Waals surface area (Å²) in [5.74, 6) is -0.182. The maximum absolute atomic E-state index is 10.8. The quantitative estimate of drug-likeness (QED) is 0.500. The molecule has 1 fully saturated rings. The molecule has 4 nitrogen and oxygen atoms in total. The molecular formula is C10H18O4. The van der Waals surface area contributed by atoms with Crippen LogP contribution in [-0.2, 0) is 19.0 Å². The molecule has 0 N–H and O–H groups in total. The van der Waals surface area contributed by atoms with Gasteiger partial charge >= 0.3 is 5.97 Å². The minimum Gasteiger partial charge on any atom is -0.463 e. The van der Waals surface area contributed by atoms with E-state index in [-0.39, 0.29) is 12.3 Å². The first-order valence-corrected chi connectivity index (χ1v) is 5.21. The van der Waals surface area contributed by atoms with E-state index in [1.165, 1.54) is 0 Å². The minimum absolute atomic E-state index is 0.0934. The van der Waals surface area contributed by atoms with E-state index in [1.54, 1.807) is 6.92 Å². The number of carbonyl (C=O) groups excluding carboxylic acids is 1. The van der Waals surface area contributed by atoms with Gasteiger partial charge in [-0.1, -0.05) is 6.92 Å². The summed E-state index contributed by atoms with van der Waals surface area (Å²) in [6.07, 6.45) is 3.54. The van der Waals surface area contributed by atoms with Crippen molar-refractivity contribution in [3.05, 3.63) is 0 Å².